The number of carbonyl (C=O) groups excluding carboxylic acids is 1. The zero-order chi connectivity index (χ0) is 35.0. The van der Waals surface area contributed by atoms with Crippen LogP contribution in [0.2, 0.25) is 0 Å². The van der Waals surface area contributed by atoms with Crippen molar-refractivity contribution in [3.8, 4) is 16.9 Å². The van der Waals surface area contributed by atoms with E-state index in [1.165, 1.54) is 36.5 Å². The van der Waals surface area contributed by atoms with Gasteiger partial charge in [-0.05, 0) is 85.8 Å². The number of aryl methyl sites for hydroxylation is 1. The van der Waals surface area contributed by atoms with Crippen molar-refractivity contribution in [3.63, 3.8) is 0 Å². The van der Waals surface area contributed by atoms with Gasteiger partial charge in [-0.25, -0.2) is 14.1 Å². The average molecular weight is 666 g/mol. The van der Waals surface area contributed by atoms with Crippen molar-refractivity contribution >= 4 is 28.2 Å². The van der Waals surface area contributed by atoms with E-state index in [4.69, 9.17) is 4.74 Å². The van der Waals surface area contributed by atoms with Crippen LogP contribution in [0, 0.1) is 5.82 Å². The fourth-order valence-electron chi connectivity index (χ4n) is 6.21. The van der Waals surface area contributed by atoms with Crippen molar-refractivity contribution in [1.82, 2.24) is 29.4 Å². The van der Waals surface area contributed by atoms with Crippen LogP contribution in [0.15, 0.2) is 70.5 Å². The number of fused-ring (bicyclic) bond motifs is 1. The van der Waals surface area contributed by atoms with E-state index in [9.17, 15) is 14.4 Å². The van der Waals surface area contributed by atoms with Crippen LogP contribution in [0.1, 0.15) is 63.1 Å². The molecule has 1 saturated heterocycles. The molecule has 1 aliphatic rings. The number of ether oxygens (including phenoxy) is 1. The zero-order valence-electron chi connectivity index (χ0n) is 28.6. The summed E-state index contributed by atoms with van der Waals surface area (Å²) in [6.07, 6.45) is 5.45. The second-order valence-electron chi connectivity index (χ2n) is 13.7. The van der Waals surface area contributed by atoms with E-state index in [1.807, 2.05) is 39.1 Å². The molecule has 1 aliphatic heterocycles. The number of likely N-dealkylation sites (tertiary alicyclic amines) is 1. The Hall–Kier alpha value is -5.23. The standard InChI is InChI=1S/C37H40FN7O4/c1-22(46)49-21-28-27(8-7-9-32(28)45-36(48)34-25(20-40-45)16-26(17-29(34)38)37(2,3)4)30-18-31(35(47)44(6)42-30)41-33-11-10-24(19-39-33)23-12-14-43(5)15-13-23/h7-11,16-20,23H,12-15,21H2,1-6H3,(H,39,41). The molecule has 4 heterocycles. The van der Waals surface area contributed by atoms with E-state index >= 15 is 4.39 Å². The fourth-order valence-corrected chi connectivity index (χ4v) is 6.21. The molecule has 0 radical (unpaired) electrons. The Morgan fingerprint density at radius 1 is 1.02 bits per heavy atom. The van der Waals surface area contributed by atoms with Crippen LogP contribution in [-0.2, 0) is 28.6 Å². The van der Waals surface area contributed by atoms with Gasteiger partial charge in [-0.3, -0.25) is 14.4 Å². The maximum absolute atomic E-state index is 15.5. The van der Waals surface area contributed by atoms with Gasteiger partial charge < -0.3 is 15.0 Å². The number of benzene rings is 2. The molecule has 0 amide bonds. The molecule has 5 aromatic rings. The zero-order valence-corrected chi connectivity index (χ0v) is 28.6. The number of carbonyl (C=O) groups is 1. The Morgan fingerprint density at radius 2 is 1.78 bits per heavy atom. The third-order valence-electron chi connectivity index (χ3n) is 9.08. The minimum atomic E-state index is -0.665. The molecular formula is C37H40FN7O4. The minimum absolute atomic E-state index is 0.104. The molecule has 0 unspecified atom stereocenters. The second kappa shape index (κ2) is 13.3. The lowest BCUT2D eigenvalue weighted by molar-refractivity contribution is -0.142. The fraction of sp³-hybridized carbons (Fsp3) is 0.351. The number of rotatable bonds is 7. The van der Waals surface area contributed by atoms with Gasteiger partial charge in [0.05, 0.1) is 23.0 Å². The molecule has 1 N–H and O–H groups in total. The van der Waals surface area contributed by atoms with Crippen molar-refractivity contribution < 1.29 is 13.9 Å². The monoisotopic (exact) mass is 665 g/mol. The summed E-state index contributed by atoms with van der Waals surface area (Å²) < 4.78 is 23.2. The van der Waals surface area contributed by atoms with Gasteiger partial charge in [-0.15, -0.1) is 0 Å². The van der Waals surface area contributed by atoms with E-state index in [0.717, 1.165) is 36.2 Å². The molecule has 0 aliphatic carbocycles. The maximum Gasteiger partial charge on any atom is 0.302 e. The van der Waals surface area contributed by atoms with Crippen LogP contribution < -0.4 is 16.4 Å². The highest BCUT2D eigenvalue weighted by atomic mass is 19.1. The minimum Gasteiger partial charge on any atom is -0.461 e. The molecule has 0 bridgehead atoms. The van der Waals surface area contributed by atoms with E-state index in [2.05, 4.69) is 32.4 Å². The first-order chi connectivity index (χ1) is 23.3. The van der Waals surface area contributed by atoms with Crippen molar-refractivity contribution in [2.45, 2.75) is 58.5 Å². The van der Waals surface area contributed by atoms with Crippen molar-refractivity contribution in [3.05, 3.63) is 104 Å². The maximum atomic E-state index is 15.5. The van der Waals surface area contributed by atoms with Crippen LogP contribution in [-0.4, -0.2) is 55.6 Å². The quantitative estimate of drug-likeness (QED) is 0.222. The number of nitrogens with zero attached hydrogens (tertiary/aromatic N) is 6. The topological polar surface area (TPSA) is 124 Å². The summed E-state index contributed by atoms with van der Waals surface area (Å²) in [6, 6.07) is 13.7. The Kier molecular flexibility index (Phi) is 9.17. The third-order valence-corrected chi connectivity index (χ3v) is 9.08. The summed E-state index contributed by atoms with van der Waals surface area (Å²) in [4.78, 5) is 45.9. The first kappa shape index (κ1) is 33.7. The molecule has 49 heavy (non-hydrogen) atoms. The molecule has 1 fully saturated rings. The van der Waals surface area contributed by atoms with Gasteiger partial charge >= 0.3 is 5.97 Å². The molecule has 2 aromatic carbocycles. The van der Waals surface area contributed by atoms with Crippen molar-refractivity contribution in [2.24, 2.45) is 7.05 Å². The lowest BCUT2D eigenvalue weighted by Crippen LogP contribution is -2.29. The highest BCUT2D eigenvalue weighted by molar-refractivity contribution is 5.83. The van der Waals surface area contributed by atoms with Crippen LogP contribution >= 0.6 is 0 Å². The number of piperidine rings is 1. The first-order valence-corrected chi connectivity index (χ1v) is 16.3. The van der Waals surface area contributed by atoms with E-state index in [-0.39, 0.29) is 34.3 Å². The number of esters is 1. The van der Waals surface area contributed by atoms with Crippen molar-refractivity contribution in [2.75, 3.05) is 25.5 Å². The predicted molar refractivity (Wildman–Crippen MR) is 187 cm³/mol. The van der Waals surface area contributed by atoms with Gasteiger partial charge in [0.1, 0.15) is 23.9 Å². The van der Waals surface area contributed by atoms with Gasteiger partial charge in [0.15, 0.2) is 0 Å². The van der Waals surface area contributed by atoms with Gasteiger partial charge in [-0.1, -0.05) is 39.0 Å². The summed E-state index contributed by atoms with van der Waals surface area (Å²) in [7, 11) is 3.66. The number of hydrogen-bond acceptors (Lipinski definition) is 9. The molecular weight excluding hydrogens is 625 g/mol. The molecule has 6 rings (SSSR count). The summed E-state index contributed by atoms with van der Waals surface area (Å²) >= 11 is 0. The summed E-state index contributed by atoms with van der Waals surface area (Å²) in [5, 5.41) is 12.3. The molecule has 3 aromatic heterocycles. The van der Waals surface area contributed by atoms with Gasteiger partial charge in [0.25, 0.3) is 11.1 Å². The molecule has 0 saturated carbocycles. The van der Waals surface area contributed by atoms with E-state index in [1.54, 1.807) is 30.3 Å². The van der Waals surface area contributed by atoms with Crippen LogP contribution in [0.5, 0.6) is 0 Å². The highest BCUT2D eigenvalue weighted by Crippen LogP contribution is 2.31. The summed E-state index contributed by atoms with van der Waals surface area (Å²) in [6.45, 7) is 9.03. The summed E-state index contributed by atoms with van der Waals surface area (Å²) in [5.74, 6) is -0.234. The number of hydrogen-bond donors (Lipinski definition) is 1. The molecule has 11 nitrogen and oxygen atoms in total. The van der Waals surface area contributed by atoms with E-state index in [0.29, 0.717) is 33.9 Å². The largest absolute Gasteiger partial charge is 0.461 e. The van der Waals surface area contributed by atoms with Crippen molar-refractivity contribution in [1.29, 1.82) is 0 Å². The van der Waals surface area contributed by atoms with Gasteiger partial charge in [0.2, 0.25) is 0 Å². The SMILES string of the molecule is CC(=O)OCc1c(-c2cc(Nc3ccc(C4CCN(C)CC4)cn3)c(=O)n(C)n2)cccc1-n1ncc2cc(C(C)(C)C)cc(F)c2c1=O. The third kappa shape index (κ3) is 7.00. The normalized spacial score (nSPS) is 14.3. The number of pyridine rings is 1. The van der Waals surface area contributed by atoms with Crippen LogP contribution in [0.3, 0.4) is 0 Å². The Labute approximate surface area is 283 Å². The Bertz CT molecular complexity index is 2160. The van der Waals surface area contributed by atoms with E-state index < -0.39 is 17.3 Å². The number of aromatic nitrogens is 5. The second-order valence-corrected chi connectivity index (χ2v) is 13.7. The predicted octanol–water partition coefficient (Wildman–Crippen LogP) is 5.59. The Morgan fingerprint density at radius 3 is 2.45 bits per heavy atom. The summed E-state index contributed by atoms with van der Waals surface area (Å²) in [5.41, 5.74) is 2.29. The Balaban J connectivity index is 1.41. The average Bonchev–Trinajstić information content (AvgIpc) is 3.06. The van der Waals surface area contributed by atoms with Crippen LogP contribution in [0.4, 0.5) is 15.9 Å². The van der Waals surface area contributed by atoms with Crippen LogP contribution in [0.25, 0.3) is 27.7 Å². The molecule has 0 atom stereocenters. The molecule has 12 heteroatoms. The smallest absolute Gasteiger partial charge is 0.302 e. The van der Waals surface area contributed by atoms with Gasteiger partial charge in [-0.2, -0.15) is 14.9 Å². The highest BCUT2D eigenvalue weighted by Gasteiger charge is 2.23. The molecule has 254 valence electrons. The lowest BCUT2D eigenvalue weighted by Gasteiger charge is -2.29. The lowest BCUT2D eigenvalue weighted by atomic mass is 9.86. The number of nitrogens with one attached hydrogen (secondary N) is 1. The first-order valence-electron chi connectivity index (χ1n) is 16.3. The molecule has 0 spiro atoms. The van der Waals surface area contributed by atoms with Gasteiger partial charge in [0, 0.05) is 36.7 Å². The number of anilines is 2. The number of halogens is 1.